The third-order valence-electron chi connectivity index (χ3n) is 4.20. The highest BCUT2D eigenvalue weighted by atomic mass is 79.9. The molecule has 0 unspecified atom stereocenters. The monoisotopic (exact) mass is 458 g/mol. The lowest BCUT2D eigenvalue weighted by Gasteiger charge is -2.10. The summed E-state index contributed by atoms with van der Waals surface area (Å²) >= 11 is 3.36. The van der Waals surface area contributed by atoms with Crippen molar-refractivity contribution in [2.75, 3.05) is 18.5 Å². The Bertz CT molecular complexity index is 1140. The Morgan fingerprint density at radius 2 is 1.83 bits per heavy atom. The Morgan fingerprint density at radius 3 is 2.59 bits per heavy atom. The van der Waals surface area contributed by atoms with Crippen LogP contribution in [0.2, 0.25) is 0 Å². The molecule has 0 saturated heterocycles. The van der Waals surface area contributed by atoms with Gasteiger partial charge in [-0.2, -0.15) is 0 Å². The van der Waals surface area contributed by atoms with E-state index in [0.717, 1.165) is 21.0 Å². The standard InChI is InChI=1S/C21H19BrN2O5/c1-12-8-21(27)29-18-9-15(4-5-16(12)18)28-11-20(26)23-10-19(25)24-17-6-3-14(22)7-13(17)2/h3-9H,10-11H2,1-2H3,(H,23,26)(H,24,25). The lowest BCUT2D eigenvalue weighted by Crippen LogP contribution is -2.35. The van der Waals surface area contributed by atoms with E-state index in [0.29, 0.717) is 17.0 Å². The number of rotatable bonds is 6. The third-order valence-corrected chi connectivity index (χ3v) is 4.69. The van der Waals surface area contributed by atoms with Crippen molar-refractivity contribution in [3.05, 3.63) is 68.5 Å². The summed E-state index contributed by atoms with van der Waals surface area (Å²) in [5.74, 6) is -0.401. The lowest BCUT2D eigenvalue weighted by molar-refractivity contribution is -0.125. The number of carbonyl (C=O) groups is 2. The summed E-state index contributed by atoms with van der Waals surface area (Å²) in [6.07, 6.45) is 0. The molecule has 0 aliphatic heterocycles. The van der Waals surface area contributed by atoms with Crippen LogP contribution in [0.5, 0.6) is 5.75 Å². The Kier molecular flexibility index (Phi) is 6.33. The van der Waals surface area contributed by atoms with Crippen LogP contribution in [0, 0.1) is 13.8 Å². The molecule has 8 heteroatoms. The molecule has 1 heterocycles. The first kappa shape index (κ1) is 20.6. The normalized spacial score (nSPS) is 10.6. The van der Waals surface area contributed by atoms with Crippen LogP contribution in [0.25, 0.3) is 11.0 Å². The molecule has 7 nitrogen and oxygen atoms in total. The molecule has 29 heavy (non-hydrogen) atoms. The Labute approximate surface area is 175 Å². The Morgan fingerprint density at radius 1 is 1.03 bits per heavy atom. The summed E-state index contributed by atoms with van der Waals surface area (Å²) in [5, 5.41) is 6.03. The molecule has 0 radical (unpaired) electrons. The van der Waals surface area contributed by atoms with E-state index in [1.807, 2.05) is 26.0 Å². The number of amides is 2. The molecule has 3 aromatic rings. The SMILES string of the molecule is Cc1cc(Br)ccc1NC(=O)CNC(=O)COc1ccc2c(C)cc(=O)oc2c1. The van der Waals surface area contributed by atoms with Gasteiger partial charge in [0.15, 0.2) is 6.61 Å². The molecule has 2 amide bonds. The Balaban J connectivity index is 1.51. The minimum Gasteiger partial charge on any atom is -0.484 e. The second-order valence-electron chi connectivity index (χ2n) is 6.48. The highest BCUT2D eigenvalue weighted by molar-refractivity contribution is 9.10. The molecule has 1 aromatic heterocycles. The van der Waals surface area contributed by atoms with Crippen molar-refractivity contribution in [1.29, 1.82) is 0 Å². The molecule has 2 aromatic carbocycles. The van der Waals surface area contributed by atoms with Crippen LogP contribution in [-0.2, 0) is 9.59 Å². The van der Waals surface area contributed by atoms with Gasteiger partial charge in [-0.1, -0.05) is 15.9 Å². The molecule has 0 fully saturated rings. The van der Waals surface area contributed by atoms with Crippen LogP contribution in [-0.4, -0.2) is 25.0 Å². The van der Waals surface area contributed by atoms with Gasteiger partial charge < -0.3 is 19.8 Å². The van der Waals surface area contributed by atoms with Gasteiger partial charge >= 0.3 is 5.63 Å². The van der Waals surface area contributed by atoms with Crippen LogP contribution < -0.4 is 21.0 Å². The van der Waals surface area contributed by atoms with Gasteiger partial charge in [0.1, 0.15) is 11.3 Å². The molecule has 150 valence electrons. The van der Waals surface area contributed by atoms with Crippen molar-refractivity contribution >= 4 is 44.4 Å². The molecule has 2 N–H and O–H groups in total. The molecule has 0 spiro atoms. The molecule has 3 rings (SSSR count). The first-order valence-corrected chi connectivity index (χ1v) is 9.61. The Hall–Kier alpha value is -3.13. The van der Waals surface area contributed by atoms with Gasteiger partial charge in [-0.05, 0) is 55.3 Å². The number of hydrogen-bond acceptors (Lipinski definition) is 5. The maximum atomic E-state index is 12.0. The quantitative estimate of drug-likeness (QED) is 0.552. The number of halogens is 1. The summed E-state index contributed by atoms with van der Waals surface area (Å²) in [6.45, 7) is 3.24. The summed E-state index contributed by atoms with van der Waals surface area (Å²) < 4.78 is 11.5. The largest absolute Gasteiger partial charge is 0.484 e. The smallest absolute Gasteiger partial charge is 0.336 e. The number of carbonyl (C=O) groups excluding carboxylic acids is 2. The number of fused-ring (bicyclic) bond motifs is 1. The first-order chi connectivity index (χ1) is 13.8. The number of benzene rings is 2. The third kappa shape index (κ3) is 5.45. The van der Waals surface area contributed by atoms with E-state index >= 15 is 0 Å². The zero-order valence-corrected chi connectivity index (χ0v) is 17.5. The first-order valence-electron chi connectivity index (χ1n) is 8.82. The predicted octanol–water partition coefficient (Wildman–Crippen LogP) is 3.31. The fraction of sp³-hybridized carbons (Fsp3) is 0.190. The van der Waals surface area contributed by atoms with E-state index in [1.165, 1.54) is 6.07 Å². The van der Waals surface area contributed by atoms with Crippen LogP contribution in [0.15, 0.2) is 56.1 Å². The molecule has 0 aliphatic rings. The van der Waals surface area contributed by atoms with Gasteiger partial charge in [0, 0.05) is 27.7 Å². The molecule has 0 bridgehead atoms. The number of anilines is 1. The van der Waals surface area contributed by atoms with E-state index in [1.54, 1.807) is 24.3 Å². The average Bonchev–Trinajstić information content (AvgIpc) is 2.66. The molecular weight excluding hydrogens is 440 g/mol. The van der Waals surface area contributed by atoms with E-state index in [2.05, 4.69) is 26.6 Å². The average molecular weight is 459 g/mol. The van der Waals surface area contributed by atoms with Crippen molar-refractivity contribution in [3.8, 4) is 5.75 Å². The van der Waals surface area contributed by atoms with Gasteiger partial charge in [0.25, 0.3) is 5.91 Å². The fourth-order valence-electron chi connectivity index (χ4n) is 2.74. The molecule has 0 saturated carbocycles. The van der Waals surface area contributed by atoms with Gasteiger partial charge in [-0.3, -0.25) is 9.59 Å². The lowest BCUT2D eigenvalue weighted by atomic mass is 10.1. The van der Waals surface area contributed by atoms with Gasteiger partial charge in [0.05, 0.1) is 6.54 Å². The van der Waals surface area contributed by atoms with Crippen LogP contribution in [0.3, 0.4) is 0 Å². The van der Waals surface area contributed by atoms with Crippen LogP contribution in [0.1, 0.15) is 11.1 Å². The van der Waals surface area contributed by atoms with Crippen molar-refractivity contribution in [2.24, 2.45) is 0 Å². The second kappa shape index (κ2) is 8.91. The molecular formula is C21H19BrN2O5. The minimum absolute atomic E-state index is 0.177. The number of aryl methyl sites for hydroxylation is 2. The number of nitrogens with one attached hydrogen (secondary N) is 2. The highest BCUT2D eigenvalue weighted by Gasteiger charge is 2.09. The predicted molar refractivity (Wildman–Crippen MR) is 113 cm³/mol. The summed E-state index contributed by atoms with van der Waals surface area (Å²) in [7, 11) is 0. The van der Waals surface area contributed by atoms with E-state index < -0.39 is 11.5 Å². The summed E-state index contributed by atoms with van der Waals surface area (Å²) in [5.41, 5.74) is 2.32. The summed E-state index contributed by atoms with van der Waals surface area (Å²) in [4.78, 5) is 35.5. The van der Waals surface area contributed by atoms with E-state index in [4.69, 9.17) is 9.15 Å². The highest BCUT2D eigenvalue weighted by Crippen LogP contribution is 2.22. The van der Waals surface area contributed by atoms with Crippen molar-refractivity contribution in [2.45, 2.75) is 13.8 Å². The zero-order valence-electron chi connectivity index (χ0n) is 15.9. The van der Waals surface area contributed by atoms with Crippen molar-refractivity contribution in [3.63, 3.8) is 0 Å². The van der Waals surface area contributed by atoms with E-state index in [9.17, 15) is 14.4 Å². The van der Waals surface area contributed by atoms with Gasteiger partial charge in [-0.15, -0.1) is 0 Å². The summed E-state index contributed by atoms with van der Waals surface area (Å²) in [6, 6.07) is 11.9. The fourth-order valence-corrected chi connectivity index (χ4v) is 3.21. The van der Waals surface area contributed by atoms with Gasteiger partial charge in [-0.25, -0.2) is 4.79 Å². The molecule has 0 atom stereocenters. The second-order valence-corrected chi connectivity index (χ2v) is 7.39. The van der Waals surface area contributed by atoms with E-state index in [-0.39, 0.29) is 19.1 Å². The van der Waals surface area contributed by atoms with Crippen LogP contribution in [0.4, 0.5) is 5.69 Å². The van der Waals surface area contributed by atoms with Gasteiger partial charge in [0.2, 0.25) is 5.91 Å². The number of hydrogen-bond donors (Lipinski definition) is 2. The maximum absolute atomic E-state index is 12.0. The van der Waals surface area contributed by atoms with Crippen molar-refractivity contribution in [1.82, 2.24) is 5.32 Å². The zero-order chi connectivity index (χ0) is 21.0. The maximum Gasteiger partial charge on any atom is 0.336 e. The number of ether oxygens (including phenoxy) is 1. The molecule has 0 aliphatic carbocycles. The van der Waals surface area contributed by atoms with Crippen LogP contribution >= 0.6 is 15.9 Å². The topological polar surface area (TPSA) is 97.6 Å². The van der Waals surface area contributed by atoms with Crippen molar-refractivity contribution < 1.29 is 18.7 Å². The minimum atomic E-state index is -0.447.